The van der Waals surface area contributed by atoms with Gasteiger partial charge in [-0.05, 0) is 37.5 Å². The van der Waals surface area contributed by atoms with Gasteiger partial charge in [-0.15, -0.1) is 0 Å². The number of benzene rings is 1. The predicted octanol–water partition coefficient (Wildman–Crippen LogP) is 3.12. The van der Waals surface area contributed by atoms with Crippen molar-refractivity contribution in [1.82, 2.24) is 19.9 Å². The topological polar surface area (TPSA) is 80.1 Å². The van der Waals surface area contributed by atoms with Crippen LogP contribution in [0.15, 0.2) is 47.3 Å². The second-order valence-electron chi connectivity index (χ2n) is 7.57. The zero-order valence-corrected chi connectivity index (χ0v) is 17.4. The third kappa shape index (κ3) is 4.17. The molecule has 1 aromatic carbocycles. The van der Waals surface area contributed by atoms with Crippen LogP contribution in [0.1, 0.15) is 31.2 Å². The number of alkyl halides is 3. The van der Waals surface area contributed by atoms with E-state index in [9.17, 15) is 22.8 Å². The Bertz CT molecular complexity index is 1190. The van der Waals surface area contributed by atoms with E-state index in [0.29, 0.717) is 29.9 Å². The standard InChI is InChI=1S/C22H22F3N5O2/c1-2-29-20(32)18-15(27-21(29)22(23,24)25)10-11-17(28-18)30-12-6-9-16(30)19(31)26-13-14-7-4-3-5-8-14/h3-5,7-8,10-11,16H,2,6,9,12-13H2,1H3,(H,26,31)/t16-/m1/s1. The van der Waals surface area contributed by atoms with Crippen LogP contribution < -0.4 is 15.8 Å². The molecule has 168 valence electrons. The minimum Gasteiger partial charge on any atom is -0.350 e. The van der Waals surface area contributed by atoms with Crippen LogP contribution >= 0.6 is 0 Å². The summed E-state index contributed by atoms with van der Waals surface area (Å²) in [5, 5.41) is 2.92. The molecular formula is C22H22F3N5O2. The molecule has 2 aromatic heterocycles. The molecule has 3 heterocycles. The maximum atomic E-state index is 13.3. The SMILES string of the molecule is CCn1c(C(F)(F)F)nc2ccc(N3CCC[C@@H]3C(=O)NCc3ccccc3)nc2c1=O. The van der Waals surface area contributed by atoms with Crippen LogP contribution in [0.25, 0.3) is 11.0 Å². The summed E-state index contributed by atoms with van der Waals surface area (Å²) in [5.74, 6) is -1.03. The van der Waals surface area contributed by atoms with E-state index in [-0.39, 0.29) is 23.5 Å². The molecule has 3 aromatic rings. The van der Waals surface area contributed by atoms with Crippen molar-refractivity contribution in [2.75, 3.05) is 11.4 Å². The van der Waals surface area contributed by atoms with Gasteiger partial charge < -0.3 is 10.2 Å². The smallest absolute Gasteiger partial charge is 0.350 e. The Morgan fingerprint density at radius 1 is 1.16 bits per heavy atom. The van der Waals surface area contributed by atoms with Crippen LogP contribution in [0, 0.1) is 0 Å². The molecule has 10 heteroatoms. The maximum absolute atomic E-state index is 13.3. The van der Waals surface area contributed by atoms with E-state index in [1.807, 2.05) is 30.3 Å². The quantitative estimate of drug-likeness (QED) is 0.653. The zero-order valence-electron chi connectivity index (χ0n) is 17.4. The third-order valence-corrected chi connectivity index (χ3v) is 5.52. The van der Waals surface area contributed by atoms with Gasteiger partial charge in [-0.3, -0.25) is 14.2 Å². The summed E-state index contributed by atoms with van der Waals surface area (Å²) < 4.78 is 40.5. The first-order chi connectivity index (χ1) is 15.3. The number of anilines is 1. The minimum atomic E-state index is -4.75. The van der Waals surface area contributed by atoms with Gasteiger partial charge in [0, 0.05) is 19.6 Å². The van der Waals surface area contributed by atoms with Gasteiger partial charge in [-0.25, -0.2) is 9.97 Å². The van der Waals surface area contributed by atoms with Crippen LogP contribution in [0.2, 0.25) is 0 Å². The summed E-state index contributed by atoms with van der Waals surface area (Å²) in [7, 11) is 0. The van der Waals surface area contributed by atoms with Gasteiger partial charge in [-0.2, -0.15) is 13.2 Å². The highest BCUT2D eigenvalue weighted by Gasteiger charge is 2.37. The molecule has 1 aliphatic heterocycles. The average Bonchev–Trinajstić information content (AvgIpc) is 3.27. The molecule has 4 rings (SSSR count). The van der Waals surface area contributed by atoms with Crippen molar-refractivity contribution in [3.63, 3.8) is 0 Å². The molecule has 1 atom stereocenters. The first-order valence-electron chi connectivity index (χ1n) is 10.4. The van der Waals surface area contributed by atoms with E-state index < -0.39 is 23.6 Å². The molecule has 0 aliphatic carbocycles. The van der Waals surface area contributed by atoms with Gasteiger partial charge in [0.25, 0.3) is 5.56 Å². The molecule has 0 saturated carbocycles. The number of aromatic nitrogens is 3. The summed E-state index contributed by atoms with van der Waals surface area (Å²) in [6, 6.07) is 11.9. The number of hydrogen-bond acceptors (Lipinski definition) is 5. The van der Waals surface area contributed by atoms with Crippen molar-refractivity contribution in [2.45, 2.75) is 45.1 Å². The van der Waals surface area contributed by atoms with Crippen molar-refractivity contribution in [2.24, 2.45) is 0 Å². The predicted molar refractivity (Wildman–Crippen MR) is 113 cm³/mol. The van der Waals surface area contributed by atoms with Crippen molar-refractivity contribution in [3.8, 4) is 0 Å². The average molecular weight is 445 g/mol. The first-order valence-corrected chi connectivity index (χ1v) is 10.4. The lowest BCUT2D eigenvalue weighted by atomic mass is 10.2. The molecule has 0 bridgehead atoms. The Morgan fingerprint density at radius 3 is 2.59 bits per heavy atom. The van der Waals surface area contributed by atoms with Gasteiger partial charge in [0.1, 0.15) is 11.9 Å². The Hall–Kier alpha value is -3.43. The first kappa shape index (κ1) is 21.8. The lowest BCUT2D eigenvalue weighted by Gasteiger charge is -2.25. The number of hydrogen-bond donors (Lipinski definition) is 1. The van der Waals surface area contributed by atoms with E-state index in [1.165, 1.54) is 19.1 Å². The van der Waals surface area contributed by atoms with Gasteiger partial charge in [0.05, 0.1) is 5.52 Å². The molecule has 32 heavy (non-hydrogen) atoms. The fraction of sp³-hybridized carbons (Fsp3) is 0.364. The normalized spacial score (nSPS) is 16.5. The molecule has 0 radical (unpaired) electrons. The fourth-order valence-electron chi connectivity index (χ4n) is 3.97. The Kier molecular flexibility index (Phi) is 5.86. The Balaban J connectivity index is 1.63. The number of carbonyl (C=O) groups is 1. The van der Waals surface area contributed by atoms with E-state index in [0.717, 1.165) is 12.0 Å². The Morgan fingerprint density at radius 2 is 1.91 bits per heavy atom. The number of nitrogens with one attached hydrogen (secondary N) is 1. The van der Waals surface area contributed by atoms with Gasteiger partial charge in [0.15, 0.2) is 5.52 Å². The summed E-state index contributed by atoms with van der Waals surface area (Å²) in [5.41, 5.74) is -0.149. The highest BCUT2D eigenvalue weighted by Crippen LogP contribution is 2.29. The zero-order chi connectivity index (χ0) is 22.9. The summed E-state index contributed by atoms with van der Waals surface area (Å²) >= 11 is 0. The van der Waals surface area contributed by atoms with Crippen LogP contribution in [0.5, 0.6) is 0 Å². The van der Waals surface area contributed by atoms with Gasteiger partial charge in [0.2, 0.25) is 11.7 Å². The van der Waals surface area contributed by atoms with Gasteiger partial charge >= 0.3 is 6.18 Å². The largest absolute Gasteiger partial charge is 0.449 e. The van der Waals surface area contributed by atoms with Crippen molar-refractivity contribution in [3.05, 3.63) is 64.2 Å². The lowest BCUT2D eigenvalue weighted by molar-refractivity contribution is -0.147. The number of carbonyl (C=O) groups excluding carboxylic acids is 1. The highest BCUT2D eigenvalue weighted by atomic mass is 19.4. The van der Waals surface area contributed by atoms with Crippen LogP contribution in [0.4, 0.5) is 19.0 Å². The van der Waals surface area contributed by atoms with Crippen LogP contribution in [-0.4, -0.2) is 33.0 Å². The van der Waals surface area contributed by atoms with Crippen LogP contribution in [0.3, 0.4) is 0 Å². The summed E-state index contributed by atoms with van der Waals surface area (Å²) in [4.78, 5) is 35.3. The number of halogens is 3. The van der Waals surface area contributed by atoms with Crippen molar-refractivity contribution >= 4 is 22.8 Å². The number of nitrogens with zero attached hydrogens (tertiary/aromatic N) is 4. The van der Waals surface area contributed by atoms with E-state index in [4.69, 9.17) is 0 Å². The molecule has 1 saturated heterocycles. The third-order valence-electron chi connectivity index (χ3n) is 5.52. The number of fused-ring (bicyclic) bond motifs is 1. The molecule has 1 fully saturated rings. The molecule has 0 spiro atoms. The number of amides is 1. The number of rotatable bonds is 5. The van der Waals surface area contributed by atoms with E-state index in [1.54, 1.807) is 4.90 Å². The molecular weight excluding hydrogens is 423 g/mol. The maximum Gasteiger partial charge on any atom is 0.449 e. The van der Waals surface area contributed by atoms with Crippen molar-refractivity contribution in [1.29, 1.82) is 0 Å². The van der Waals surface area contributed by atoms with E-state index in [2.05, 4.69) is 15.3 Å². The summed E-state index contributed by atoms with van der Waals surface area (Å²) in [6.07, 6.45) is -3.38. The van der Waals surface area contributed by atoms with E-state index >= 15 is 0 Å². The molecule has 1 aliphatic rings. The van der Waals surface area contributed by atoms with Gasteiger partial charge in [-0.1, -0.05) is 30.3 Å². The highest BCUT2D eigenvalue weighted by molar-refractivity contribution is 5.86. The van der Waals surface area contributed by atoms with Crippen molar-refractivity contribution < 1.29 is 18.0 Å². The monoisotopic (exact) mass is 445 g/mol. The molecule has 0 unspecified atom stereocenters. The minimum absolute atomic E-state index is 0.125. The lowest BCUT2D eigenvalue weighted by Crippen LogP contribution is -2.43. The van der Waals surface area contributed by atoms with Crippen LogP contribution in [-0.2, 0) is 24.1 Å². The molecule has 1 amide bonds. The number of pyridine rings is 1. The summed E-state index contributed by atoms with van der Waals surface area (Å²) in [6.45, 7) is 2.21. The molecule has 7 nitrogen and oxygen atoms in total. The second-order valence-corrected chi connectivity index (χ2v) is 7.57. The second kappa shape index (κ2) is 8.60. The molecule has 1 N–H and O–H groups in total. The Labute approximate surface area is 181 Å². The fourth-order valence-corrected chi connectivity index (χ4v) is 3.97.